The van der Waals surface area contributed by atoms with Gasteiger partial charge in [0.15, 0.2) is 0 Å². The number of hydrogen-bond acceptors (Lipinski definition) is 2. The van der Waals surface area contributed by atoms with E-state index in [2.05, 4.69) is 72.0 Å². The minimum Gasteiger partial charge on any atom is -0.308 e. The van der Waals surface area contributed by atoms with Crippen molar-refractivity contribution in [2.45, 2.75) is 70.7 Å². The predicted molar refractivity (Wildman–Crippen MR) is 87.9 cm³/mol. The van der Waals surface area contributed by atoms with Crippen molar-refractivity contribution in [2.75, 3.05) is 0 Å². The molecule has 1 unspecified atom stereocenters. The highest BCUT2D eigenvalue weighted by atomic mass is 32.2. The molecule has 2 heteroatoms. The van der Waals surface area contributed by atoms with Crippen molar-refractivity contribution in [2.24, 2.45) is 5.92 Å². The first-order valence-electron chi connectivity index (χ1n) is 7.20. The lowest BCUT2D eigenvalue weighted by Gasteiger charge is -2.21. The van der Waals surface area contributed by atoms with Crippen molar-refractivity contribution in [3.63, 3.8) is 0 Å². The number of hydrogen-bond donors (Lipinski definition) is 1. The molecule has 0 fully saturated rings. The van der Waals surface area contributed by atoms with Gasteiger partial charge in [-0.3, -0.25) is 0 Å². The fourth-order valence-electron chi connectivity index (χ4n) is 1.66. The average Bonchev–Trinajstić information content (AvgIpc) is 2.28. The van der Waals surface area contributed by atoms with Crippen molar-refractivity contribution < 1.29 is 0 Å². The minimum atomic E-state index is 0.174. The molecule has 1 nitrogen and oxygen atoms in total. The van der Waals surface area contributed by atoms with E-state index >= 15 is 0 Å². The Kier molecular flexibility index (Phi) is 5.94. The summed E-state index contributed by atoms with van der Waals surface area (Å²) in [6.45, 7) is 16.6. The summed E-state index contributed by atoms with van der Waals surface area (Å²) in [5, 5.41) is 4.20. The van der Waals surface area contributed by atoms with E-state index in [-0.39, 0.29) is 5.54 Å². The van der Waals surface area contributed by atoms with Crippen LogP contribution in [-0.2, 0) is 6.54 Å². The number of aryl methyl sites for hydroxylation is 1. The van der Waals surface area contributed by atoms with E-state index in [1.165, 1.54) is 16.0 Å². The molecule has 1 aromatic carbocycles. The third-order valence-electron chi connectivity index (χ3n) is 3.31. The Labute approximate surface area is 123 Å². The second-order valence-electron chi connectivity index (χ2n) is 6.77. The van der Waals surface area contributed by atoms with Crippen LogP contribution in [0.2, 0.25) is 0 Å². The molecule has 0 bridgehead atoms. The lowest BCUT2D eigenvalue weighted by Crippen LogP contribution is -2.35. The van der Waals surface area contributed by atoms with Gasteiger partial charge in [-0.15, -0.1) is 11.8 Å². The maximum Gasteiger partial charge on any atom is 0.0210 e. The monoisotopic (exact) mass is 279 g/mol. The molecule has 0 heterocycles. The van der Waals surface area contributed by atoms with Gasteiger partial charge in [0.1, 0.15) is 0 Å². The average molecular weight is 279 g/mol. The molecule has 0 aliphatic heterocycles. The quantitative estimate of drug-likeness (QED) is 0.760. The highest BCUT2D eigenvalue weighted by molar-refractivity contribution is 8.00. The van der Waals surface area contributed by atoms with Crippen LogP contribution in [0.1, 0.15) is 52.7 Å². The third-order valence-corrected chi connectivity index (χ3v) is 4.94. The maximum atomic E-state index is 3.54. The van der Waals surface area contributed by atoms with Crippen molar-refractivity contribution in [1.82, 2.24) is 5.32 Å². The van der Waals surface area contributed by atoms with Crippen LogP contribution >= 0.6 is 11.8 Å². The van der Waals surface area contributed by atoms with Crippen LogP contribution in [0.25, 0.3) is 0 Å². The van der Waals surface area contributed by atoms with Crippen molar-refractivity contribution in [3.8, 4) is 0 Å². The van der Waals surface area contributed by atoms with Crippen LogP contribution in [0.4, 0.5) is 0 Å². The van der Waals surface area contributed by atoms with Gasteiger partial charge in [0.25, 0.3) is 0 Å². The first kappa shape index (κ1) is 16.6. The molecule has 0 aromatic heterocycles. The lowest BCUT2D eigenvalue weighted by molar-refractivity contribution is 0.424. The zero-order valence-electron chi connectivity index (χ0n) is 13.5. The number of rotatable bonds is 5. The Bertz CT molecular complexity index is 404. The van der Waals surface area contributed by atoms with Crippen LogP contribution < -0.4 is 5.32 Å². The van der Waals surface area contributed by atoms with E-state index in [4.69, 9.17) is 0 Å². The summed E-state index contributed by atoms with van der Waals surface area (Å²) in [7, 11) is 0. The summed E-state index contributed by atoms with van der Waals surface area (Å²) >= 11 is 1.99. The third kappa shape index (κ3) is 6.01. The summed E-state index contributed by atoms with van der Waals surface area (Å²) in [5.41, 5.74) is 2.94. The van der Waals surface area contributed by atoms with Gasteiger partial charge in [-0.25, -0.2) is 0 Å². The number of nitrogens with one attached hydrogen (secondary N) is 1. The predicted octanol–water partition coefficient (Wildman–Crippen LogP) is 5.02. The normalized spacial score (nSPS) is 13.9. The Morgan fingerprint density at radius 2 is 1.79 bits per heavy atom. The second-order valence-corrected chi connectivity index (χ2v) is 8.19. The largest absolute Gasteiger partial charge is 0.308 e. The molecule has 1 atom stereocenters. The van der Waals surface area contributed by atoms with Crippen LogP contribution in [0, 0.1) is 12.8 Å². The molecule has 108 valence electrons. The fourth-order valence-corrected chi connectivity index (χ4v) is 2.72. The van der Waals surface area contributed by atoms with Gasteiger partial charge in [0, 0.05) is 22.2 Å². The van der Waals surface area contributed by atoms with E-state index in [0.717, 1.165) is 6.54 Å². The Hall–Kier alpha value is -0.470. The lowest BCUT2D eigenvalue weighted by atomic mass is 10.1. The van der Waals surface area contributed by atoms with E-state index in [0.29, 0.717) is 11.2 Å². The van der Waals surface area contributed by atoms with Gasteiger partial charge < -0.3 is 5.32 Å². The van der Waals surface area contributed by atoms with Gasteiger partial charge in [-0.05, 0) is 50.8 Å². The van der Waals surface area contributed by atoms with E-state index in [1.807, 2.05) is 11.8 Å². The molecule has 0 saturated heterocycles. The van der Waals surface area contributed by atoms with Gasteiger partial charge in [-0.1, -0.05) is 32.9 Å². The van der Waals surface area contributed by atoms with Crippen LogP contribution in [0.3, 0.4) is 0 Å². The molecule has 0 saturated carbocycles. The summed E-state index contributed by atoms with van der Waals surface area (Å²) < 4.78 is 0. The van der Waals surface area contributed by atoms with E-state index in [1.54, 1.807) is 0 Å². The zero-order chi connectivity index (χ0) is 14.6. The van der Waals surface area contributed by atoms with Gasteiger partial charge in [0.05, 0.1) is 0 Å². The summed E-state index contributed by atoms with van der Waals surface area (Å²) in [5.74, 6) is 0.714. The first-order chi connectivity index (χ1) is 8.69. The fraction of sp³-hybridized carbons (Fsp3) is 0.647. The number of thioether (sulfide) groups is 1. The molecule has 0 radical (unpaired) electrons. The SMILES string of the molecule is Cc1cc(CNC(C)(C)C)ccc1SC(C)C(C)C. The maximum absolute atomic E-state index is 3.54. The molecule has 0 aliphatic rings. The topological polar surface area (TPSA) is 12.0 Å². The van der Waals surface area contributed by atoms with E-state index in [9.17, 15) is 0 Å². The summed E-state index contributed by atoms with van der Waals surface area (Å²) in [4.78, 5) is 1.42. The standard InChI is InChI=1S/C17H29NS/c1-12(2)14(4)19-16-9-8-15(10-13(16)3)11-18-17(5,6)7/h8-10,12,14,18H,11H2,1-7H3. The van der Waals surface area contributed by atoms with Crippen LogP contribution in [0.5, 0.6) is 0 Å². The molecule has 0 amide bonds. The second kappa shape index (κ2) is 6.81. The van der Waals surface area contributed by atoms with Crippen LogP contribution in [-0.4, -0.2) is 10.8 Å². The first-order valence-corrected chi connectivity index (χ1v) is 8.08. The van der Waals surface area contributed by atoms with Crippen molar-refractivity contribution in [1.29, 1.82) is 0 Å². The minimum absolute atomic E-state index is 0.174. The molecule has 1 N–H and O–H groups in total. The summed E-state index contributed by atoms with van der Waals surface area (Å²) in [6, 6.07) is 6.84. The number of benzene rings is 1. The van der Waals surface area contributed by atoms with Crippen molar-refractivity contribution >= 4 is 11.8 Å². The molecular weight excluding hydrogens is 250 g/mol. The highest BCUT2D eigenvalue weighted by Crippen LogP contribution is 2.30. The van der Waals surface area contributed by atoms with E-state index < -0.39 is 0 Å². The molecule has 0 spiro atoms. The van der Waals surface area contributed by atoms with Gasteiger partial charge in [0.2, 0.25) is 0 Å². The van der Waals surface area contributed by atoms with Crippen LogP contribution in [0.15, 0.2) is 23.1 Å². The molecule has 1 aromatic rings. The molecule has 19 heavy (non-hydrogen) atoms. The Morgan fingerprint density at radius 3 is 2.26 bits per heavy atom. The molecule has 1 rings (SSSR count). The molecular formula is C17H29NS. The summed E-state index contributed by atoms with van der Waals surface area (Å²) in [6.07, 6.45) is 0. The Morgan fingerprint density at radius 1 is 1.16 bits per heavy atom. The highest BCUT2D eigenvalue weighted by Gasteiger charge is 2.12. The smallest absolute Gasteiger partial charge is 0.0210 e. The Balaban J connectivity index is 2.69. The van der Waals surface area contributed by atoms with Gasteiger partial charge >= 0.3 is 0 Å². The van der Waals surface area contributed by atoms with Crippen molar-refractivity contribution in [3.05, 3.63) is 29.3 Å². The zero-order valence-corrected chi connectivity index (χ0v) is 14.3. The molecule has 0 aliphatic carbocycles. The van der Waals surface area contributed by atoms with Gasteiger partial charge in [-0.2, -0.15) is 0 Å².